The van der Waals surface area contributed by atoms with Crippen LogP contribution < -0.4 is 19.7 Å². The first kappa shape index (κ1) is 20.7. The summed E-state index contributed by atoms with van der Waals surface area (Å²) >= 11 is 0. The predicted molar refractivity (Wildman–Crippen MR) is 112 cm³/mol. The van der Waals surface area contributed by atoms with Crippen LogP contribution in [-0.4, -0.2) is 38.1 Å². The standard InChI is InChI=1S/C23H28N2O4/c1-16(2)29-20-10-8-19(9-11-20)25-15-18(14-22(25)26)23(27)24-13-12-17-6-4-5-7-21(17)28-3/h4-11,16,18H,12-15H2,1-3H3,(H,24,27). The second-order valence-corrected chi connectivity index (χ2v) is 7.42. The second kappa shape index (κ2) is 9.45. The number of hydrogen-bond acceptors (Lipinski definition) is 4. The third-order valence-corrected chi connectivity index (χ3v) is 4.90. The first-order valence-corrected chi connectivity index (χ1v) is 9.94. The number of nitrogens with one attached hydrogen (secondary N) is 1. The molecule has 1 saturated heterocycles. The van der Waals surface area contributed by atoms with Gasteiger partial charge in [0, 0.05) is 25.2 Å². The van der Waals surface area contributed by atoms with Crippen LogP contribution in [0.3, 0.4) is 0 Å². The van der Waals surface area contributed by atoms with Crippen molar-refractivity contribution in [3.8, 4) is 11.5 Å². The van der Waals surface area contributed by atoms with Gasteiger partial charge in [-0.2, -0.15) is 0 Å². The number of hydrogen-bond donors (Lipinski definition) is 1. The van der Waals surface area contributed by atoms with Crippen molar-refractivity contribution in [1.29, 1.82) is 0 Å². The molecule has 6 nitrogen and oxygen atoms in total. The van der Waals surface area contributed by atoms with Gasteiger partial charge < -0.3 is 19.7 Å². The fourth-order valence-electron chi connectivity index (χ4n) is 3.48. The van der Waals surface area contributed by atoms with Crippen molar-refractivity contribution in [1.82, 2.24) is 5.32 Å². The summed E-state index contributed by atoms with van der Waals surface area (Å²) in [6.45, 7) is 4.83. The van der Waals surface area contributed by atoms with E-state index in [2.05, 4.69) is 5.32 Å². The quantitative estimate of drug-likeness (QED) is 0.744. The number of carbonyl (C=O) groups excluding carboxylic acids is 2. The molecular formula is C23H28N2O4. The average molecular weight is 396 g/mol. The van der Waals surface area contributed by atoms with E-state index in [1.165, 1.54) is 0 Å². The molecule has 29 heavy (non-hydrogen) atoms. The number of carbonyl (C=O) groups is 2. The van der Waals surface area contributed by atoms with Crippen molar-refractivity contribution >= 4 is 17.5 Å². The lowest BCUT2D eigenvalue weighted by molar-refractivity contribution is -0.126. The topological polar surface area (TPSA) is 67.9 Å². The Morgan fingerprint density at radius 3 is 2.59 bits per heavy atom. The minimum Gasteiger partial charge on any atom is -0.496 e. The number of anilines is 1. The van der Waals surface area contributed by atoms with Crippen molar-refractivity contribution < 1.29 is 19.1 Å². The molecule has 1 fully saturated rings. The molecule has 0 saturated carbocycles. The lowest BCUT2D eigenvalue weighted by Crippen LogP contribution is -2.34. The predicted octanol–water partition coefficient (Wildman–Crippen LogP) is 3.19. The Balaban J connectivity index is 1.53. The van der Waals surface area contributed by atoms with Crippen LogP contribution in [0, 0.1) is 5.92 Å². The Kier molecular flexibility index (Phi) is 6.75. The Morgan fingerprint density at radius 2 is 1.90 bits per heavy atom. The maximum Gasteiger partial charge on any atom is 0.227 e. The van der Waals surface area contributed by atoms with Crippen LogP contribution >= 0.6 is 0 Å². The Morgan fingerprint density at radius 1 is 1.17 bits per heavy atom. The van der Waals surface area contributed by atoms with Crippen LogP contribution in [0.25, 0.3) is 0 Å². The van der Waals surface area contributed by atoms with Gasteiger partial charge >= 0.3 is 0 Å². The summed E-state index contributed by atoms with van der Waals surface area (Å²) in [5.74, 6) is 1.12. The Bertz CT molecular complexity index is 848. The fourth-order valence-corrected chi connectivity index (χ4v) is 3.48. The minimum absolute atomic E-state index is 0.0348. The molecule has 1 unspecified atom stereocenters. The molecule has 0 aromatic heterocycles. The highest BCUT2D eigenvalue weighted by Crippen LogP contribution is 2.27. The number of nitrogens with zero attached hydrogens (tertiary/aromatic N) is 1. The van der Waals surface area contributed by atoms with Gasteiger partial charge in [0.15, 0.2) is 0 Å². The van der Waals surface area contributed by atoms with E-state index in [4.69, 9.17) is 9.47 Å². The van der Waals surface area contributed by atoms with Crippen LogP contribution in [0.5, 0.6) is 11.5 Å². The van der Waals surface area contributed by atoms with E-state index in [-0.39, 0.29) is 30.3 Å². The molecule has 1 heterocycles. The third kappa shape index (κ3) is 5.28. The van der Waals surface area contributed by atoms with E-state index in [1.54, 1.807) is 12.0 Å². The number of para-hydroxylation sites is 1. The van der Waals surface area contributed by atoms with Gasteiger partial charge in [-0.3, -0.25) is 9.59 Å². The monoisotopic (exact) mass is 396 g/mol. The van der Waals surface area contributed by atoms with Crippen LogP contribution in [0.15, 0.2) is 48.5 Å². The summed E-state index contributed by atoms with van der Waals surface area (Å²) in [6, 6.07) is 15.2. The molecular weight excluding hydrogens is 368 g/mol. The van der Waals surface area contributed by atoms with E-state index in [0.717, 1.165) is 22.7 Å². The van der Waals surface area contributed by atoms with E-state index >= 15 is 0 Å². The van der Waals surface area contributed by atoms with Gasteiger partial charge in [0.05, 0.1) is 19.1 Å². The molecule has 1 atom stereocenters. The molecule has 0 spiro atoms. The summed E-state index contributed by atoms with van der Waals surface area (Å²) in [7, 11) is 1.64. The summed E-state index contributed by atoms with van der Waals surface area (Å²) in [5, 5.41) is 2.95. The summed E-state index contributed by atoms with van der Waals surface area (Å²) in [6.07, 6.45) is 1.00. The molecule has 2 amide bonds. The highest BCUT2D eigenvalue weighted by Gasteiger charge is 2.35. The number of benzene rings is 2. The first-order valence-electron chi connectivity index (χ1n) is 9.94. The summed E-state index contributed by atoms with van der Waals surface area (Å²) in [4.78, 5) is 26.6. The number of amides is 2. The lowest BCUT2D eigenvalue weighted by Gasteiger charge is -2.18. The molecule has 1 aliphatic heterocycles. The van der Waals surface area contributed by atoms with Crippen LogP contribution in [0.1, 0.15) is 25.8 Å². The smallest absolute Gasteiger partial charge is 0.227 e. The van der Waals surface area contributed by atoms with Crippen molar-refractivity contribution in [2.45, 2.75) is 32.8 Å². The molecule has 2 aromatic rings. The van der Waals surface area contributed by atoms with Gasteiger partial charge in [0.2, 0.25) is 11.8 Å². The molecule has 154 valence electrons. The summed E-state index contributed by atoms with van der Waals surface area (Å²) in [5.41, 5.74) is 1.83. The van der Waals surface area contributed by atoms with Crippen molar-refractivity contribution in [2.24, 2.45) is 5.92 Å². The molecule has 3 rings (SSSR count). The number of rotatable bonds is 8. The maximum atomic E-state index is 12.5. The molecule has 0 aliphatic carbocycles. The van der Waals surface area contributed by atoms with Crippen molar-refractivity contribution in [3.05, 3.63) is 54.1 Å². The molecule has 6 heteroatoms. The van der Waals surface area contributed by atoms with E-state index < -0.39 is 0 Å². The largest absolute Gasteiger partial charge is 0.496 e. The highest BCUT2D eigenvalue weighted by atomic mass is 16.5. The minimum atomic E-state index is -0.341. The third-order valence-electron chi connectivity index (χ3n) is 4.90. The second-order valence-electron chi connectivity index (χ2n) is 7.42. The zero-order valence-electron chi connectivity index (χ0n) is 17.2. The van der Waals surface area contributed by atoms with Gasteiger partial charge in [0.1, 0.15) is 11.5 Å². The normalized spacial score (nSPS) is 16.2. The molecule has 0 radical (unpaired) electrons. The first-order chi connectivity index (χ1) is 14.0. The maximum absolute atomic E-state index is 12.5. The van der Waals surface area contributed by atoms with Crippen LogP contribution in [0.2, 0.25) is 0 Å². The summed E-state index contributed by atoms with van der Waals surface area (Å²) < 4.78 is 11.0. The van der Waals surface area contributed by atoms with Crippen molar-refractivity contribution in [2.75, 3.05) is 25.1 Å². The Hall–Kier alpha value is -3.02. The van der Waals surface area contributed by atoms with E-state index in [0.29, 0.717) is 19.5 Å². The molecule has 1 aliphatic rings. The fraction of sp³-hybridized carbons (Fsp3) is 0.391. The van der Waals surface area contributed by atoms with Crippen LogP contribution in [0.4, 0.5) is 5.69 Å². The SMILES string of the molecule is COc1ccccc1CCNC(=O)C1CC(=O)N(c2ccc(OC(C)C)cc2)C1. The highest BCUT2D eigenvalue weighted by molar-refractivity contribution is 6.00. The Labute approximate surface area is 171 Å². The number of methoxy groups -OCH3 is 1. The van der Waals surface area contributed by atoms with Gasteiger partial charge in [-0.1, -0.05) is 18.2 Å². The van der Waals surface area contributed by atoms with Crippen molar-refractivity contribution in [3.63, 3.8) is 0 Å². The zero-order chi connectivity index (χ0) is 20.8. The van der Waals surface area contributed by atoms with Gasteiger partial charge in [-0.05, 0) is 56.2 Å². The van der Waals surface area contributed by atoms with Crippen LogP contribution in [-0.2, 0) is 16.0 Å². The van der Waals surface area contributed by atoms with Gasteiger partial charge in [-0.25, -0.2) is 0 Å². The van der Waals surface area contributed by atoms with Gasteiger partial charge in [0.25, 0.3) is 0 Å². The molecule has 0 bridgehead atoms. The molecule has 1 N–H and O–H groups in total. The van der Waals surface area contributed by atoms with Gasteiger partial charge in [-0.15, -0.1) is 0 Å². The lowest BCUT2D eigenvalue weighted by atomic mass is 10.1. The van der Waals surface area contributed by atoms with E-state index in [9.17, 15) is 9.59 Å². The zero-order valence-corrected chi connectivity index (χ0v) is 17.2. The average Bonchev–Trinajstić information content (AvgIpc) is 3.10. The molecule has 2 aromatic carbocycles. The van der Waals surface area contributed by atoms with E-state index in [1.807, 2.05) is 62.4 Å². The number of ether oxygens (including phenoxy) is 2.